The third-order valence-electron chi connectivity index (χ3n) is 3.38. The van der Waals surface area contributed by atoms with E-state index in [4.69, 9.17) is 14.0 Å². The Balaban J connectivity index is 1.83. The number of benzene rings is 1. The lowest BCUT2D eigenvalue weighted by Gasteiger charge is -2.07. The van der Waals surface area contributed by atoms with Crippen molar-refractivity contribution in [2.75, 3.05) is 14.2 Å². The lowest BCUT2D eigenvalue weighted by atomic mass is 10.1. The first-order chi connectivity index (χ1) is 9.80. The van der Waals surface area contributed by atoms with Crippen molar-refractivity contribution in [3.8, 4) is 22.8 Å². The molecule has 1 aliphatic rings. The average Bonchev–Trinajstić information content (AvgIpc) is 3.21. The SMILES string of the molecule is COc1ccc(OC)c(-c2cc(CNC3CC3)no2)c1. The van der Waals surface area contributed by atoms with Gasteiger partial charge in [-0.25, -0.2) is 0 Å². The summed E-state index contributed by atoms with van der Waals surface area (Å²) in [5.41, 5.74) is 1.74. The summed E-state index contributed by atoms with van der Waals surface area (Å²) in [6, 6.07) is 8.19. The number of hydrogen-bond donors (Lipinski definition) is 1. The van der Waals surface area contributed by atoms with Gasteiger partial charge in [-0.15, -0.1) is 0 Å². The van der Waals surface area contributed by atoms with Gasteiger partial charge in [-0.05, 0) is 31.0 Å². The zero-order chi connectivity index (χ0) is 13.9. The third kappa shape index (κ3) is 2.77. The molecule has 1 saturated carbocycles. The Labute approximate surface area is 117 Å². The minimum Gasteiger partial charge on any atom is -0.497 e. The fourth-order valence-electron chi connectivity index (χ4n) is 2.07. The van der Waals surface area contributed by atoms with E-state index in [1.165, 1.54) is 12.8 Å². The van der Waals surface area contributed by atoms with E-state index in [2.05, 4.69) is 10.5 Å². The molecule has 1 heterocycles. The van der Waals surface area contributed by atoms with E-state index in [9.17, 15) is 0 Å². The van der Waals surface area contributed by atoms with Crippen LogP contribution in [0.25, 0.3) is 11.3 Å². The molecule has 1 fully saturated rings. The Morgan fingerprint density at radius 2 is 2.10 bits per heavy atom. The maximum atomic E-state index is 5.42. The molecule has 0 unspecified atom stereocenters. The zero-order valence-corrected chi connectivity index (χ0v) is 11.7. The monoisotopic (exact) mass is 274 g/mol. The number of nitrogens with zero attached hydrogens (tertiary/aromatic N) is 1. The first-order valence-corrected chi connectivity index (χ1v) is 6.71. The van der Waals surface area contributed by atoms with Crippen LogP contribution in [0.1, 0.15) is 18.5 Å². The van der Waals surface area contributed by atoms with Crippen LogP contribution in [0.4, 0.5) is 0 Å². The van der Waals surface area contributed by atoms with Gasteiger partial charge in [0.05, 0.1) is 25.5 Å². The number of rotatable bonds is 6. The van der Waals surface area contributed by atoms with Gasteiger partial charge in [0.15, 0.2) is 5.76 Å². The minimum absolute atomic E-state index is 0.654. The molecular formula is C15H18N2O3. The summed E-state index contributed by atoms with van der Waals surface area (Å²) in [5, 5.41) is 7.50. The van der Waals surface area contributed by atoms with Crippen LogP contribution in [0.2, 0.25) is 0 Å². The topological polar surface area (TPSA) is 56.5 Å². The van der Waals surface area contributed by atoms with Gasteiger partial charge in [-0.1, -0.05) is 5.16 Å². The largest absolute Gasteiger partial charge is 0.497 e. The second kappa shape index (κ2) is 5.54. The molecule has 106 valence electrons. The van der Waals surface area contributed by atoms with Crippen LogP contribution < -0.4 is 14.8 Å². The van der Waals surface area contributed by atoms with E-state index in [-0.39, 0.29) is 0 Å². The molecule has 0 bridgehead atoms. The van der Waals surface area contributed by atoms with Crippen LogP contribution in [0.5, 0.6) is 11.5 Å². The number of aromatic nitrogens is 1. The van der Waals surface area contributed by atoms with E-state index in [1.807, 2.05) is 24.3 Å². The highest BCUT2D eigenvalue weighted by Crippen LogP contribution is 2.33. The molecule has 1 aromatic heterocycles. The number of hydrogen-bond acceptors (Lipinski definition) is 5. The summed E-state index contributed by atoms with van der Waals surface area (Å²) in [6.07, 6.45) is 2.52. The van der Waals surface area contributed by atoms with E-state index in [0.29, 0.717) is 11.8 Å². The first-order valence-electron chi connectivity index (χ1n) is 6.71. The second-order valence-electron chi connectivity index (χ2n) is 4.90. The predicted octanol–water partition coefficient (Wildman–Crippen LogP) is 2.61. The van der Waals surface area contributed by atoms with Crippen molar-refractivity contribution in [1.29, 1.82) is 0 Å². The summed E-state index contributed by atoms with van der Waals surface area (Å²) in [7, 11) is 3.27. The summed E-state index contributed by atoms with van der Waals surface area (Å²) < 4.78 is 16.0. The molecule has 0 atom stereocenters. The van der Waals surface area contributed by atoms with Crippen LogP contribution in [0.15, 0.2) is 28.8 Å². The highest BCUT2D eigenvalue weighted by atomic mass is 16.5. The predicted molar refractivity (Wildman–Crippen MR) is 74.9 cm³/mol. The maximum Gasteiger partial charge on any atom is 0.171 e. The molecular weight excluding hydrogens is 256 g/mol. The Hall–Kier alpha value is -2.01. The lowest BCUT2D eigenvalue weighted by molar-refractivity contribution is 0.395. The molecule has 1 N–H and O–H groups in total. The number of ether oxygens (including phenoxy) is 2. The van der Waals surface area contributed by atoms with Gasteiger partial charge in [0.25, 0.3) is 0 Å². The minimum atomic E-state index is 0.654. The van der Waals surface area contributed by atoms with Gasteiger partial charge >= 0.3 is 0 Å². The molecule has 5 nitrogen and oxygen atoms in total. The van der Waals surface area contributed by atoms with Crippen molar-refractivity contribution < 1.29 is 14.0 Å². The number of methoxy groups -OCH3 is 2. The molecule has 5 heteroatoms. The fourth-order valence-corrected chi connectivity index (χ4v) is 2.07. The molecule has 0 aliphatic heterocycles. The van der Waals surface area contributed by atoms with Crippen molar-refractivity contribution in [3.05, 3.63) is 30.0 Å². The molecule has 20 heavy (non-hydrogen) atoms. The fraction of sp³-hybridized carbons (Fsp3) is 0.400. The quantitative estimate of drug-likeness (QED) is 0.877. The first kappa shape index (κ1) is 13.0. The van der Waals surface area contributed by atoms with Crippen molar-refractivity contribution in [3.63, 3.8) is 0 Å². The molecule has 0 saturated heterocycles. The summed E-state index contributed by atoms with van der Waals surface area (Å²) in [6.45, 7) is 0.737. The van der Waals surface area contributed by atoms with E-state index >= 15 is 0 Å². The van der Waals surface area contributed by atoms with Crippen LogP contribution in [0.3, 0.4) is 0 Å². The van der Waals surface area contributed by atoms with Gasteiger partial charge < -0.3 is 19.3 Å². The van der Waals surface area contributed by atoms with Gasteiger partial charge in [0.1, 0.15) is 11.5 Å². The molecule has 1 aliphatic carbocycles. The highest BCUT2D eigenvalue weighted by molar-refractivity contribution is 5.67. The number of nitrogens with one attached hydrogen (secondary N) is 1. The van der Waals surface area contributed by atoms with Crippen LogP contribution in [-0.2, 0) is 6.54 Å². The molecule has 0 amide bonds. The molecule has 1 aromatic carbocycles. The molecule has 3 rings (SSSR count). The van der Waals surface area contributed by atoms with Crippen LogP contribution in [0, 0.1) is 0 Å². The van der Waals surface area contributed by atoms with Crippen LogP contribution >= 0.6 is 0 Å². The normalized spacial score (nSPS) is 14.3. The zero-order valence-electron chi connectivity index (χ0n) is 11.7. The molecule has 0 spiro atoms. The van der Waals surface area contributed by atoms with Crippen molar-refractivity contribution in [2.24, 2.45) is 0 Å². The standard InChI is InChI=1S/C15H18N2O3/c1-18-12-5-6-14(19-2)13(8-12)15-7-11(17-20-15)9-16-10-3-4-10/h5-8,10,16H,3-4,9H2,1-2H3. The molecule has 2 aromatic rings. The second-order valence-corrected chi connectivity index (χ2v) is 4.90. The van der Waals surface area contributed by atoms with Crippen molar-refractivity contribution in [2.45, 2.75) is 25.4 Å². The lowest BCUT2D eigenvalue weighted by Crippen LogP contribution is -2.15. The van der Waals surface area contributed by atoms with Gasteiger partial charge in [-0.2, -0.15) is 0 Å². The summed E-state index contributed by atoms with van der Waals surface area (Å²) >= 11 is 0. The third-order valence-corrected chi connectivity index (χ3v) is 3.38. The van der Waals surface area contributed by atoms with E-state index < -0.39 is 0 Å². The smallest absolute Gasteiger partial charge is 0.171 e. The van der Waals surface area contributed by atoms with Crippen LogP contribution in [-0.4, -0.2) is 25.4 Å². The van der Waals surface area contributed by atoms with Crippen molar-refractivity contribution in [1.82, 2.24) is 10.5 Å². The van der Waals surface area contributed by atoms with Gasteiger partial charge in [0.2, 0.25) is 0 Å². The Kier molecular flexibility index (Phi) is 3.60. The maximum absolute atomic E-state index is 5.42. The van der Waals surface area contributed by atoms with Crippen molar-refractivity contribution >= 4 is 0 Å². The van der Waals surface area contributed by atoms with Gasteiger partial charge in [-0.3, -0.25) is 0 Å². The highest BCUT2D eigenvalue weighted by Gasteiger charge is 2.21. The summed E-state index contributed by atoms with van der Waals surface area (Å²) in [5.74, 6) is 2.19. The summed E-state index contributed by atoms with van der Waals surface area (Å²) in [4.78, 5) is 0. The molecule has 0 radical (unpaired) electrons. The average molecular weight is 274 g/mol. The van der Waals surface area contributed by atoms with Gasteiger partial charge in [0, 0.05) is 18.7 Å². The van der Waals surface area contributed by atoms with E-state index in [0.717, 1.165) is 29.3 Å². The Morgan fingerprint density at radius 1 is 1.25 bits per heavy atom. The Bertz CT molecular complexity index is 591. The van der Waals surface area contributed by atoms with E-state index in [1.54, 1.807) is 14.2 Å². The Morgan fingerprint density at radius 3 is 2.80 bits per heavy atom.